The molecular formula is C14H24N2O3P2. The van der Waals surface area contributed by atoms with Crippen molar-refractivity contribution in [3.63, 3.8) is 0 Å². The van der Waals surface area contributed by atoms with E-state index in [4.69, 9.17) is 9.26 Å². The maximum Gasteiger partial charge on any atom is 0.325 e. The van der Waals surface area contributed by atoms with Crippen molar-refractivity contribution < 1.29 is 14.1 Å². The molecule has 0 radical (unpaired) electrons. The lowest BCUT2D eigenvalue weighted by Gasteiger charge is -2.29. The Hall–Kier alpha value is -0.340. The molecule has 0 aromatic carbocycles. The average Bonchev–Trinajstić information content (AvgIpc) is 2.82. The third-order valence-electron chi connectivity index (χ3n) is 4.60. The molecule has 0 aromatic heterocycles. The zero-order valence-electron chi connectivity index (χ0n) is 13.0. The summed E-state index contributed by atoms with van der Waals surface area (Å²) in [6.45, 7) is 9.11. The standard InChI is InChI=1S/C14H24N2O3P2/c1-7-8(2)10(4)15-13(9(7)3)18-11-5-12(14(17)19-21)16(20)6-11/h8,11-13H,5-6,20-21H2,1-4H3. The first-order valence-corrected chi connectivity index (χ1v) is 8.12. The van der Waals surface area contributed by atoms with Gasteiger partial charge >= 0.3 is 5.97 Å². The highest BCUT2D eigenvalue weighted by Crippen LogP contribution is 2.31. The van der Waals surface area contributed by atoms with Crippen LogP contribution in [-0.4, -0.2) is 41.3 Å². The Bertz CT molecular complexity index is 493. The summed E-state index contributed by atoms with van der Waals surface area (Å²) in [5.74, 6) is 0.132. The maximum atomic E-state index is 11.7. The second-order valence-corrected chi connectivity index (χ2v) is 6.75. The highest BCUT2D eigenvalue weighted by molar-refractivity contribution is 7.13. The predicted octanol–water partition coefficient (Wildman–Crippen LogP) is 2.34. The smallest absolute Gasteiger partial charge is 0.325 e. The summed E-state index contributed by atoms with van der Waals surface area (Å²) < 4.78 is 12.8. The summed E-state index contributed by atoms with van der Waals surface area (Å²) >= 11 is 0. The molecule has 2 heterocycles. The molecule has 6 unspecified atom stereocenters. The van der Waals surface area contributed by atoms with E-state index in [0.29, 0.717) is 18.9 Å². The number of allylic oxidation sites excluding steroid dienone is 1. The van der Waals surface area contributed by atoms with Crippen LogP contribution < -0.4 is 0 Å². The summed E-state index contributed by atoms with van der Waals surface area (Å²) in [4.78, 5) is 16.3. The molecule has 21 heavy (non-hydrogen) atoms. The largest absolute Gasteiger partial charge is 0.450 e. The summed E-state index contributed by atoms with van der Waals surface area (Å²) in [6, 6.07) is -0.268. The van der Waals surface area contributed by atoms with Crippen molar-refractivity contribution in [2.45, 2.75) is 52.5 Å². The van der Waals surface area contributed by atoms with Gasteiger partial charge in [0.15, 0.2) is 6.23 Å². The molecule has 1 fully saturated rings. The first-order chi connectivity index (χ1) is 9.85. The molecule has 0 amide bonds. The van der Waals surface area contributed by atoms with Crippen molar-refractivity contribution in [1.82, 2.24) is 4.67 Å². The second-order valence-electron chi connectivity index (χ2n) is 5.85. The van der Waals surface area contributed by atoms with Gasteiger partial charge in [0.05, 0.1) is 15.6 Å². The Morgan fingerprint density at radius 2 is 2.00 bits per heavy atom. The van der Waals surface area contributed by atoms with Gasteiger partial charge in [-0.05, 0) is 26.3 Å². The van der Waals surface area contributed by atoms with Gasteiger partial charge < -0.3 is 9.26 Å². The molecule has 0 bridgehead atoms. The molecule has 6 atom stereocenters. The summed E-state index contributed by atoms with van der Waals surface area (Å²) in [7, 11) is 4.58. The summed E-state index contributed by atoms with van der Waals surface area (Å²) in [5, 5.41) is 0. The van der Waals surface area contributed by atoms with E-state index < -0.39 is 0 Å². The topological polar surface area (TPSA) is 51.1 Å². The number of dihydropyridines is 1. The number of carbonyl (C=O) groups excluding carboxylic acids is 1. The molecule has 2 aliphatic rings. The van der Waals surface area contributed by atoms with E-state index >= 15 is 0 Å². The van der Waals surface area contributed by atoms with Gasteiger partial charge in [0.2, 0.25) is 0 Å². The maximum absolute atomic E-state index is 11.7. The third-order valence-corrected chi connectivity index (χ3v) is 5.40. The number of hydrogen-bond acceptors (Lipinski definition) is 5. The fourth-order valence-corrected chi connectivity index (χ4v) is 3.42. The fourth-order valence-electron chi connectivity index (χ4n) is 2.79. The van der Waals surface area contributed by atoms with Gasteiger partial charge in [0.25, 0.3) is 0 Å². The number of hydrogen-bond donors (Lipinski definition) is 0. The molecule has 0 aliphatic carbocycles. The van der Waals surface area contributed by atoms with Crippen LogP contribution in [0.3, 0.4) is 0 Å². The number of nitrogens with zero attached hydrogens (tertiary/aromatic N) is 2. The van der Waals surface area contributed by atoms with Gasteiger partial charge in [-0.1, -0.05) is 21.9 Å². The second kappa shape index (κ2) is 6.83. The number of rotatable bonds is 3. The minimum absolute atomic E-state index is 0.0192. The Morgan fingerprint density at radius 1 is 1.33 bits per heavy atom. The third kappa shape index (κ3) is 3.53. The molecule has 2 aliphatic heterocycles. The van der Waals surface area contributed by atoms with Crippen LogP contribution in [0.1, 0.15) is 34.1 Å². The molecule has 0 N–H and O–H groups in total. The van der Waals surface area contributed by atoms with Gasteiger partial charge in [0.1, 0.15) is 6.04 Å². The SMILES string of the molecule is CC1=NC(OC2CC(C(=O)OP)N(P)C2)C(C)=C(C)C1C. The van der Waals surface area contributed by atoms with Gasteiger partial charge in [-0.3, -0.25) is 14.5 Å². The normalized spacial score (nSPS) is 34.1. The van der Waals surface area contributed by atoms with E-state index in [0.717, 1.165) is 5.71 Å². The predicted molar refractivity (Wildman–Crippen MR) is 89.9 cm³/mol. The number of aliphatic imine (C=N–C) groups is 1. The van der Waals surface area contributed by atoms with E-state index in [1.807, 2.05) is 21.1 Å². The molecule has 2 rings (SSSR count). The van der Waals surface area contributed by atoms with Crippen molar-refractivity contribution in [1.29, 1.82) is 0 Å². The van der Waals surface area contributed by atoms with Crippen molar-refractivity contribution in [2.75, 3.05) is 6.54 Å². The molecular weight excluding hydrogens is 306 g/mol. The lowest BCUT2D eigenvalue weighted by atomic mass is 9.90. The van der Waals surface area contributed by atoms with E-state index in [-0.39, 0.29) is 24.3 Å². The first kappa shape index (κ1) is 17.0. The van der Waals surface area contributed by atoms with Crippen LogP contribution in [0.25, 0.3) is 0 Å². The highest BCUT2D eigenvalue weighted by atomic mass is 31.0. The van der Waals surface area contributed by atoms with E-state index in [1.165, 1.54) is 11.1 Å². The fraction of sp³-hybridized carbons (Fsp3) is 0.714. The molecule has 0 spiro atoms. The van der Waals surface area contributed by atoms with Crippen molar-refractivity contribution in [3.8, 4) is 0 Å². The highest BCUT2D eigenvalue weighted by Gasteiger charge is 2.38. The zero-order valence-corrected chi connectivity index (χ0v) is 15.3. The van der Waals surface area contributed by atoms with Crippen molar-refractivity contribution in [2.24, 2.45) is 10.9 Å². The Morgan fingerprint density at radius 3 is 2.62 bits per heavy atom. The molecule has 1 saturated heterocycles. The van der Waals surface area contributed by atoms with E-state index in [9.17, 15) is 4.79 Å². The van der Waals surface area contributed by atoms with Crippen LogP contribution in [-0.2, 0) is 14.1 Å². The van der Waals surface area contributed by atoms with Gasteiger partial charge in [-0.15, -0.1) is 0 Å². The van der Waals surface area contributed by atoms with Crippen LogP contribution in [0, 0.1) is 5.92 Å². The van der Waals surface area contributed by atoms with E-state index in [2.05, 4.69) is 35.2 Å². The Balaban J connectivity index is 2.05. The van der Waals surface area contributed by atoms with Gasteiger partial charge in [-0.25, -0.2) is 0 Å². The molecule has 118 valence electrons. The lowest BCUT2D eigenvalue weighted by Crippen LogP contribution is -2.29. The first-order valence-electron chi connectivity index (χ1n) is 7.14. The minimum atomic E-state index is -0.268. The van der Waals surface area contributed by atoms with Gasteiger partial charge in [-0.2, -0.15) is 0 Å². The summed E-state index contributed by atoms with van der Waals surface area (Å²) in [5.41, 5.74) is 3.61. The van der Waals surface area contributed by atoms with Crippen LogP contribution in [0.15, 0.2) is 16.1 Å². The quantitative estimate of drug-likeness (QED) is 0.589. The molecule has 0 aromatic rings. The van der Waals surface area contributed by atoms with Crippen LogP contribution in [0.5, 0.6) is 0 Å². The molecule has 0 saturated carbocycles. The zero-order chi connectivity index (χ0) is 15.7. The Kier molecular flexibility index (Phi) is 5.54. The monoisotopic (exact) mass is 330 g/mol. The van der Waals surface area contributed by atoms with Crippen LogP contribution in [0.4, 0.5) is 0 Å². The van der Waals surface area contributed by atoms with Crippen LogP contribution >= 0.6 is 18.9 Å². The molecule has 7 heteroatoms. The summed E-state index contributed by atoms with van der Waals surface area (Å²) in [6.07, 6.45) is 0.383. The molecule has 5 nitrogen and oxygen atoms in total. The number of carbonyl (C=O) groups is 1. The number of ether oxygens (including phenoxy) is 1. The van der Waals surface area contributed by atoms with E-state index in [1.54, 1.807) is 0 Å². The lowest BCUT2D eigenvalue weighted by molar-refractivity contribution is -0.136. The van der Waals surface area contributed by atoms with Crippen LogP contribution in [0.2, 0.25) is 0 Å². The minimum Gasteiger partial charge on any atom is -0.450 e. The Labute approximate surface area is 131 Å². The van der Waals surface area contributed by atoms with Crippen molar-refractivity contribution >= 4 is 30.5 Å². The average molecular weight is 330 g/mol. The van der Waals surface area contributed by atoms with Gasteiger partial charge in [0, 0.05) is 24.6 Å². The van der Waals surface area contributed by atoms with Crippen molar-refractivity contribution in [3.05, 3.63) is 11.1 Å².